The minimum absolute atomic E-state index is 0.485. The number of likely N-dealkylation sites (N-methyl/N-ethyl adjacent to an activating group) is 1. The second-order valence-electron chi connectivity index (χ2n) is 8.10. The van der Waals surface area contributed by atoms with E-state index in [2.05, 4.69) is 80.7 Å². The van der Waals surface area contributed by atoms with E-state index in [4.69, 9.17) is 9.97 Å². The minimum Gasteiger partial charge on any atom is -0.338 e. The van der Waals surface area contributed by atoms with Crippen molar-refractivity contribution in [2.75, 3.05) is 43.4 Å². The van der Waals surface area contributed by atoms with Crippen LogP contribution in [0, 0.1) is 6.92 Å². The monoisotopic (exact) mass is 458 g/mol. The Bertz CT molecular complexity index is 1200. The Labute approximate surface area is 197 Å². The predicted molar refractivity (Wildman–Crippen MR) is 132 cm³/mol. The normalized spacial score (nSPS) is 14.4. The molecule has 9 heteroatoms. The Hall–Kier alpha value is -3.43. The molecule has 3 heterocycles. The molecule has 0 atom stereocenters. The first-order valence-electron chi connectivity index (χ1n) is 10.9. The van der Waals surface area contributed by atoms with Gasteiger partial charge in [-0.05, 0) is 43.4 Å². The Morgan fingerprint density at radius 1 is 0.909 bits per heavy atom. The summed E-state index contributed by atoms with van der Waals surface area (Å²) in [5, 5.41) is 11.4. The van der Waals surface area contributed by atoms with Crippen LogP contribution in [0.25, 0.3) is 11.3 Å². The van der Waals surface area contributed by atoms with Crippen LogP contribution in [0.1, 0.15) is 5.56 Å². The average Bonchev–Trinajstić information content (AvgIpc) is 3.29. The summed E-state index contributed by atoms with van der Waals surface area (Å²) < 4.78 is 0. The fourth-order valence-corrected chi connectivity index (χ4v) is 4.33. The van der Waals surface area contributed by atoms with Gasteiger partial charge >= 0.3 is 0 Å². The maximum atomic E-state index is 4.76. The summed E-state index contributed by atoms with van der Waals surface area (Å²) in [6, 6.07) is 20.4. The predicted octanol–water partition coefficient (Wildman–Crippen LogP) is 4.22. The molecule has 0 unspecified atom stereocenters. The van der Waals surface area contributed by atoms with E-state index in [-0.39, 0.29) is 0 Å². The van der Waals surface area contributed by atoms with Crippen molar-refractivity contribution in [3.63, 3.8) is 0 Å². The van der Waals surface area contributed by atoms with Crippen molar-refractivity contribution in [3.8, 4) is 11.3 Å². The number of nitrogens with zero attached hydrogens (tertiary/aromatic N) is 6. The summed E-state index contributed by atoms with van der Waals surface area (Å²) in [5.74, 6) is 1.84. The standard InChI is InChI=1S/C24H26N8S/c1-17-8-10-18(11-9-17)20-16-21(30-29-20)25-22-26-23(32-14-12-31(2)13-15-32)28-24(27-22)33-19-6-4-3-5-7-19/h3-11,16H,12-15H2,1-2H3,(H2,25,26,27,28,29,30). The van der Waals surface area contributed by atoms with E-state index in [1.165, 1.54) is 17.3 Å². The zero-order valence-electron chi connectivity index (χ0n) is 18.7. The number of H-pyrrole nitrogens is 1. The van der Waals surface area contributed by atoms with Crippen molar-refractivity contribution in [3.05, 3.63) is 66.2 Å². The topological polar surface area (TPSA) is 85.9 Å². The number of nitrogens with one attached hydrogen (secondary N) is 2. The molecule has 1 aliphatic rings. The summed E-state index contributed by atoms with van der Waals surface area (Å²) in [6.07, 6.45) is 0. The van der Waals surface area contributed by atoms with Crippen LogP contribution >= 0.6 is 11.8 Å². The van der Waals surface area contributed by atoms with Crippen LogP contribution in [0.3, 0.4) is 0 Å². The zero-order chi connectivity index (χ0) is 22.6. The first-order chi connectivity index (χ1) is 16.1. The molecule has 0 aliphatic carbocycles. The molecule has 5 rings (SSSR count). The average molecular weight is 459 g/mol. The Balaban J connectivity index is 1.41. The molecule has 1 saturated heterocycles. The number of piperazine rings is 1. The zero-order valence-corrected chi connectivity index (χ0v) is 19.5. The smallest absolute Gasteiger partial charge is 0.234 e. The number of aryl methyl sites for hydroxylation is 1. The maximum Gasteiger partial charge on any atom is 0.234 e. The van der Waals surface area contributed by atoms with Crippen LogP contribution in [0.15, 0.2) is 70.7 Å². The first kappa shape index (κ1) is 21.4. The highest BCUT2D eigenvalue weighted by Crippen LogP contribution is 2.28. The second-order valence-corrected chi connectivity index (χ2v) is 9.15. The van der Waals surface area contributed by atoms with Gasteiger partial charge < -0.3 is 15.1 Å². The molecule has 4 aromatic rings. The molecule has 0 saturated carbocycles. The Morgan fingerprint density at radius 3 is 2.42 bits per heavy atom. The molecule has 2 N–H and O–H groups in total. The molecule has 2 aromatic carbocycles. The molecule has 0 amide bonds. The van der Waals surface area contributed by atoms with Gasteiger partial charge in [-0.1, -0.05) is 48.0 Å². The van der Waals surface area contributed by atoms with Gasteiger partial charge in [-0.25, -0.2) is 0 Å². The van der Waals surface area contributed by atoms with E-state index < -0.39 is 0 Å². The van der Waals surface area contributed by atoms with Gasteiger partial charge in [0, 0.05) is 37.1 Å². The molecule has 33 heavy (non-hydrogen) atoms. The second kappa shape index (κ2) is 9.60. The van der Waals surface area contributed by atoms with Gasteiger partial charge in [0.15, 0.2) is 11.0 Å². The fourth-order valence-electron chi connectivity index (χ4n) is 3.57. The van der Waals surface area contributed by atoms with Crippen molar-refractivity contribution in [2.24, 2.45) is 0 Å². The number of hydrogen-bond acceptors (Lipinski definition) is 8. The maximum absolute atomic E-state index is 4.76. The molecular formula is C24H26N8S. The third-order valence-corrected chi connectivity index (χ3v) is 6.39. The summed E-state index contributed by atoms with van der Waals surface area (Å²) in [5.41, 5.74) is 3.24. The van der Waals surface area contributed by atoms with Crippen molar-refractivity contribution >= 4 is 29.5 Å². The molecular weight excluding hydrogens is 432 g/mol. The molecule has 2 aromatic heterocycles. The van der Waals surface area contributed by atoms with E-state index in [0.717, 1.165) is 42.3 Å². The summed E-state index contributed by atoms with van der Waals surface area (Å²) in [6.45, 7) is 5.81. The highest BCUT2D eigenvalue weighted by molar-refractivity contribution is 7.99. The van der Waals surface area contributed by atoms with E-state index in [9.17, 15) is 0 Å². The van der Waals surface area contributed by atoms with Crippen LogP contribution in [0.5, 0.6) is 0 Å². The van der Waals surface area contributed by atoms with Gasteiger partial charge in [0.25, 0.3) is 0 Å². The fraction of sp³-hybridized carbons (Fsp3) is 0.250. The molecule has 0 radical (unpaired) electrons. The largest absolute Gasteiger partial charge is 0.338 e. The van der Waals surface area contributed by atoms with Crippen molar-refractivity contribution in [1.29, 1.82) is 0 Å². The molecule has 168 valence electrons. The first-order valence-corrected chi connectivity index (χ1v) is 11.8. The molecule has 1 aliphatic heterocycles. The van der Waals surface area contributed by atoms with Crippen molar-refractivity contribution in [2.45, 2.75) is 17.0 Å². The quantitative estimate of drug-likeness (QED) is 0.444. The van der Waals surface area contributed by atoms with Crippen molar-refractivity contribution < 1.29 is 0 Å². The Morgan fingerprint density at radius 2 is 1.67 bits per heavy atom. The summed E-state index contributed by atoms with van der Waals surface area (Å²) in [7, 11) is 2.14. The van der Waals surface area contributed by atoms with Crippen LogP contribution in [0.4, 0.5) is 17.7 Å². The third kappa shape index (κ3) is 5.32. The lowest BCUT2D eigenvalue weighted by Crippen LogP contribution is -2.45. The van der Waals surface area contributed by atoms with Crippen LogP contribution in [-0.4, -0.2) is 63.3 Å². The van der Waals surface area contributed by atoms with E-state index in [0.29, 0.717) is 22.9 Å². The number of aromatic amines is 1. The number of rotatable bonds is 6. The minimum atomic E-state index is 0.485. The van der Waals surface area contributed by atoms with E-state index in [1.54, 1.807) is 0 Å². The van der Waals surface area contributed by atoms with Gasteiger partial charge in [0.05, 0.1) is 5.69 Å². The van der Waals surface area contributed by atoms with Gasteiger partial charge in [0.1, 0.15) is 0 Å². The van der Waals surface area contributed by atoms with Crippen LogP contribution < -0.4 is 10.2 Å². The van der Waals surface area contributed by atoms with Gasteiger partial charge in [-0.3, -0.25) is 5.10 Å². The van der Waals surface area contributed by atoms with Crippen molar-refractivity contribution in [1.82, 2.24) is 30.0 Å². The van der Waals surface area contributed by atoms with Gasteiger partial charge in [0.2, 0.25) is 11.9 Å². The molecule has 1 fully saturated rings. The number of benzene rings is 2. The molecule has 0 spiro atoms. The van der Waals surface area contributed by atoms with E-state index in [1.807, 2.05) is 24.3 Å². The lowest BCUT2D eigenvalue weighted by atomic mass is 10.1. The SMILES string of the molecule is Cc1ccc(-c2cc(Nc3nc(Sc4ccccc4)nc(N4CCN(C)CC4)n3)n[nH]2)cc1. The number of anilines is 3. The number of hydrogen-bond donors (Lipinski definition) is 2. The summed E-state index contributed by atoms with van der Waals surface area (Å²) in [4.78, 5) is 19.8. The van der Waals surface area contributed by atoms with Gasteiger partial charge in [-0.2, -0.15) is 20.1 Å². The highest BCUT2D eigenvalue weighted by atomic mass is 32.2. The lowest BCUT2D eigenvalue weighted by molar-refractivity contribution is 0.311. The molecule has 0 bridgehead atoms. The van der Waals surface area contributed by atoms with E-state index >= 15 is 0 Å². The molecule has 8 nitrogen and oxygen atoms in total. The highest BCUT2D eigenvalue weighted by Gasteiger charge is 2.19. The summed E-state index contributed by atoms with van der Waals surface area (Å²) >= 11 is 1.53. The van der Waals surface area contributed by atoms with Gasteiger partial charge in [-0.15, -0.1) is 0 Å². The van der Waals surface area contributed by atoms with Crippen LogP contribution in [-0.2, 0) is 0 Å². The number of aromatic nitrogens is 5. The Kier molecular flexibility index (Phi) is 6.23. The third-order valence-electron chi connectivity index (χ3n) is 5.52. The van der Waals surface area contributed by atoms with Crippen LogP contribution in [0.2, 0.25) is 0 Å². The lowest BCUT2D eigenvalue weighted by Gasteiger charge is -2.32.